The van der Waals surface area contributed by atoms with Crippen LogP contribution in [0.4, 0.5) is 19.0 Å². The van der Waals surface area contributed by atoms with Crippen LogP contribution in [0.25, 0.3) is 0 Å². The van der Waals surface area contributed by atoms with Crippen LogP contribution in [0.5, 0.6) is 0 Å². The van der Waals surface area contributed by atoms with Gasteiger partial charge in [-0.15, -0.1) is 0 Å². The maximum absolute atomic E-state index is 12.8. The van der Waals surface area contributed by atoms with Crippen LogP contribution >= 0.6 is 23.2 Å². The molecule has 0 aliphatic heterocycles. The zero-order chi connectivity index (χ0) is 17.4. The zero-order valence-electron chi connectivity index (χ0n) is 11.5. The molecule has 0 radical (unpaired) electrons. The van der Waals surface area contributed by atoms with Crippen LogP contribution in [0, 0.1) is 0 Å². The van der Waals surface area contributed by atoms with Gasteiger partial charge in [0.15, 0.2) is 0 Å². The molecule has 1 aromatic heterocycles. The van der Waals surface area contributed by atoms with E-state index >= 15 is 0 Å². The number of nitrogens with zero attached hydrogens (tertiary/aromatic N) is 2. The highest BCUT2D eigenvalue weighted by molar-refractivity contribution is 7.92. The van der Waals surface area contributed by atoms with Gasteiger partial charge in [0, 0.05) is 12.1 Å². The van der Waals surface area contributed by atoms with Gasteiger partial charge in [0.25, 0.3) is 10.0 Å². The van der Waals surface area contributed by atoms with E-state index in [0.717, 1.165) is 7.05 Å². The molecular weight excluding hydrogens is 376 g/mol. The molecule has 0 unspecified atom stereocenters. The Labute approximate surface area is 140 Å². The molecule has 0 amide bonds. The molecule has 1 heterocycles. The smallest absolute Gasteiger partial charge is 0.253 e. The van der Waals surface area contributed by atoms with Crippen molar-refractivity contribution in [1.29, 1.82) is 0 Å². The van der Waals surface area contributed by atoms with E-state index in [1.54, 1.807) is 0 Å². The first-order valence-electron chi connectivity index (χ1n) is 6.01. The largest absolute Gasteiger partial charge is 0.416 e. The third-order valence-corrected chi connectivity index (χ3v) is 5.12. The second-order valence-corrected chi connectivity index (χ2v) is 7.25. The Bertz CT molecular complexity index is 824. The molecule has 0 N–H and O–H groups in total. The first kappa shape index (κ1) is 17.8. The van der Waals surface area contributed by atoms with Crippen molar-refractivity contribution in [1.82, 2.24) is 4.98 Å². The fraction of sp³-hybridized carbons (Fsp3) is 0.154. The van der Waals surface area contributed by atoms with Gasteiger partial charge in [-0.05, 0) is 36.4 Å². The Balaban J connectivity index is 2.49. The highest BCUT2D eigenvalue weighted by Gasteiger charge is 2.33. The van der Waals surface area contributed by atoms with Crippen molar-refractivity contribution in [2.45, 2.75) is 11.1 Å². The Morgan fingerprint density at radius 1 is 1.09 bits per heavy atom. The number of aromatic nitrogens is 1. The summed E-state index contributed by atoms with van der Waals surface area (Å²) < 4.78 is 63.9. The van der Waals surface area contributed by atoms with Gasteiger partial charge in [-0.25, -0.2) is 13.4 Å². The van der Waals surface area contributed by atoms with Gasteiger partial charge in [-0.2, -0.15) is 13.2 Å². The summed E-state index contributed by atoms with van der Waals surface area (Å²) in [7, 11) is -3.02. The lowest BCUT2D eigenvalue weighted by molar-refractivity contribution is -0.137. The van der Waals surface area contributed by atoms with Crippen molar-refractivity contribution in [2.75, 3.05) is 11.4 Å². The zero-order valence-corrected chi connectivity index (χ0v) is 13.8. The molecule has 0 spiro atoms. The molecule has 0 bridgehead atoms. The lowest BCUT2D eigenvalue weighted by Crippen LogP contribution is -2.27. The number of hydrogen-bond donors (Lipinski definition) is 0. The summed E-state index contributed by atoms with van der Waals surface area (Å²) in [4.78, 5) is 3.50. The van der Waals surface area contributed by atoms with Crippen molar-refractivity contribution in [3.63, 3.8) is 0 Å². The van der Waals surface area contributed by atoms with E-state index < -0.39 is 32.7 Å². The highest BCUT2D eigenvalue weighted by Crippen LogP contribution is 2.33. The Morgan fingerprint density at radius 3 is 2.17 bits per heavy atom. The number of anilines is 1. The topological polar surface area (TPSA) is 50.3 Å². The lowest BCUT2D eigenvalue weighted by Gasteiger charge is -2.20. The summed E-state index contributed by atoms with van der Waals surface area (Å²) in [5, 5.41) is -0.139. The third kappa shape index (κ3) is 3.88. The van der Waals surface area contributed by atoms with Crippen molar-refractivity contribution in [2.24, 2.45) is 0 Å². The predicted octanol–water partition coefficient (Wildman–Crippen LogP) is 4.23. The average Bonchev–Trinajstić information content (AvgIpc) is 2.45. The summed E-state index contributed by atoms with van der Waals surface area (Å²) in [6, 6.07) is 6.42. The summed E-state index contributed by atoms with van der Waals surface area (Å²) >= 11 is 11.3. The summed E-state index contributed by atoms with van der Waals surface area (Å²) in [6.45, 7) is 0. The first-order valence-corrected chi connectivity index (χ1v) is 8.21. The first-order chi connectivity index (χ1) is 10.5. The molecule has 124 valence electrons. The summed E-state index contributed by atoms with van der Waals surface area (Å²) in [5.74, 6) is -0.445. The van der Waals surface area contributed by atoms with E-state index in [0.29, 0.717) is 21.5 Å². The van der Waals surface area contributed by atoms with Gasteiger partial charge in [-0.3, -0.25) is 4.31 Å². The highest BCUT2D eigenvalue weighted by atomic mass is 35.5. The minimum absolute atomic E-state index is 0.139. The number of rotatable bonds is 3. The SMILES string of the molecule is CN(c1cc(C(F)(F)F)cc(Cl)n1)S(=O)(=O)c1ccc(Cl)cc1. The van der Waals surface area contributed by atoms with Crippen LogP contribution in [-0.4, -0.2) is 20.4 Å². The molecule has 0 aliphatic carbocycles. The van der Waals surface area contributed by atoms with Crippen molar-refractivity contribution in [3.8, 4) is 0 Å². The molecule has 0 atom stereocenters. The Kier molecular flexibility index (Phi) is 4.79. The van der Waals surface area contributed by atoms with E-state index in [1.807, 2.05) is 0 Å². The molecule has 10 heteroatoms. The minimum Gasteiger partial charge on any atom is -0.253 e. The number of hydrogen-bond acceptors (Lipinski definition) is 3. The van der Waals surface area contributed by atoms with Gasteiger partial charge in [-0.1, -0.05) is 23.2 Å². The lowest BCUT2D eigenvalue weighted by atomic mass is 10.2. The van der Waals surface area contributed by atoms with E-state index in [2.05, 4.69) is 4.98 Å². The second kappa shape index (κ2) is 6.18. The van der Waals surface area contributed by atoms with Crippen LogP contribution in [0.1, 0.15) is 5.56 Å². The van der Waals surface area contributed by atoms with Crippen LogP contribution in [0.2, 0.25) is 10.2 Å². The Hall–Kier alpha value is -1.51. The molecule has 0 saturated carbocycles. The fourth-order valence-electron chi connectivity index (χ4n) is 1.70. The van der Waals surface area contributed by atoms with Gasteiger partial charge in [0.2, 0.25) is 0 Å². The molecule has 0 aliphatic rings. The summed E-state index contributed by atoms with van der Waals surface area (Å²) in [6.07, 6.45) is -4.67. The standard InChI is InChI=1S/C13H9Cl2F3N2O2S/c1-20(23(21,22)10-4-2-9(14)3-5-10)12-7-8(13(16,17)18)6-11(15)19-12/h2-7H,1H3. The molecule has 0 fully saturated rings. The average molecular weight is 385 g/mol. The van der Waals surface area contributed by atoms with Crippen molar-refractivity contribution < 1.29 is 21.6 Å². The number of pyridine rings is 1. The normalized spacial score (nSPS) is 12.3. The summed E-state index contributed by atoms with van der Waals surface area (Å²) in [5.41, 5.74) is -1.09. The predicted molar refractivity (Wildman–Crippen MR) is 81.3 cm³/mol. The number of benzene rings is 1. The number of sulfonamides is 1. The van der Waals surface area contributed by atoms with Crippen LogP contribution in [0.15, 0.2) is 41.3 Å². The van der Waals surface area contributed by atoms with Gasteiger partial charge in [0.1, 0.15) is 11.0 Å². The maximum Gasteiger partial charge on any atom is 0.416 e. The fourth-order valence-corrected chi connectivity index (χ4v) is 3.16. The van der Waals surface area contributed by atoms with Crippen LogP contribution in [-0.2, 0) is 16.2 Å². The molecule has 23 heavy (non-hydrogen) atoms. The van der Waals surface area contributed by atoms with E-state index in [4.69, 9.17) is 23.2 Å². The molecular formula is C13H9Cl2F3N2O2S. The second-order valence-electron chi connectivity index (χ2n) is 4.46. The third-order valence-electron chi connectivity index (χ3n) is 2.90. The van der Waals surface area contributed by atoms with Crippen molar-refractivity contribution >= 4 is 39.0 Å². The number of halogens is 5. The minimum atomic E-state index is -4.67. The molecule has 4 nitrogen and oxygen atoms in total. The quantitative estimate of drug-likeness (QED) is 0.743. The van der Waals surface area contributed by atoms with E-state index in [-0.39, 0.29) is 4.90 Å². The van der Waals surface area contributed by atoms with E-state index in [1.165, 1.54) is 24.3 Å². The number of alkyl halides is 3. The Morgan fingerprint density at radius 2 is 1.65 bits per heavy atom. The maximum atomic E-state index is 12.8. The molecule has 2 aromatic rings. The monoisotopic (exact) mass is 384 g/mol. The van der Waals surface area contributed by atoms with Gasteiger partial charge < -0.3 is 0 Å². The van der Waals surface area contributed by atoms with Crippen molar-refractivity contribution in [3.05, 3.63) is 52.1 Å². The van der Waals surface area contributed by atoms with Gasteiger partial charge >= 0.3 is 6.18 Å². The molecule has 1 aromatic carbocycles. The van der Waals surface area contributed by atoms with E-state index in [9.17, 15) is 21.6 Å². The molecule has 0 saturated heterocycles. The van der Waals surface area contributed by atoms with Gasteiger partial charge in [0.05, 0.1) is 10.5 Å². The van der Waals surface area contributed by atoms with Crippen LogP contribution < -0.4 is 4.31 Å². The van der Waals surface area contributed by atoms with Crippen LogP contribution in [0.3, 0.4) is 0 Å². The molecule has 2 rings (SSSR count).